The van der Waals surface area contributed by atoms with E-state index >= 15 is 0 Å². The summed E-state index contributed by atoms with van der Waals surface area (Å²) in [7, 11) is -3.27. The summed E-state index contributed by atoms with van der Waals surface area (Å²) in [4.78, 5) is 17.7. The second-order valence-electron chi connectivity index (χ2n) is 10.3. The standard InChI is InChI=1S/C31H36F2N2O3S/c1-3-35(31(36)22-23-4-14-29(15-5-23)39(2,37)38)28-16-19-34(20-17-28)21-18-30(24-6-10-26(32)11-7-24)25-8-12-27(33)13-9-25/h4-15,28,30H,3,16-22H2,1-2H3. The molecule has 1 fully saturated rings. The van der Waals surface area contributed by atoms with Crippen LogP contribution >= 0.6 is 0 Å². The first kappa shape index (κ1) is 28.9. The molecule has 4 rings (SSSR count). The number of piperidine rings is 1. The molecule has 3 aromatic carbocycles. The van der Waals surface area contributed by atoms with Crippen molar-refractivity contribution < 1.29 is 22.0 Å². The Kier molecular flexibility index (Phi) is 9.51. The van der Waals surface area contributed by atoms with E-state index in [9.17, 15) is 22.0 Å². The number of sulfone groups is 1. The van der Waals surface area contributed by atoms with Crippen LogP contribution in [0.2, 0.25) is 0 Å². The van der Waals surface area contributed by atoms with Crippen molar-refractivity contribution >= 4 is 15.7 Å². The number of nitrogens with zero attached hydrogens (tertiary/aromatic N) is 2. The van der Waals surface area contributed by atoms with Gasteiger partial charge in [0.05, 0.1) is 11.3 Å². The van der Waals surface area contributed by atoms with Crippen LogP contribution in [0.5, 0.6) is 0 Å². The van der Waals surface area contributed by atoms with Crippen LogP contribution in [0.3, 0.4) is 0 Å². The molecule has 0 aromatic heterocycles. The van der Waals surface area contributed by atoms with Crippen LogP contribution in [0.1, 0.15) is 48.8 Å². The quantitative estimate of drug-likeness (QED) is 0.335. The molecule has 0 N–H and O–H groups in total. The zero-order valence-corrected chi connectivity index (χ0v) is 23.3. The zero-order chi connectivity index (χ0) is 28.0. The highest BCUT2D eigenvalue weighted by Crippen LogP contribution is 2.29. The van der Waals surface area contributed by atoms with Gasteiger partial charge in [-0.1, -0.05) is 36.4 Å². The molecule has 39 heavy (non-hydrogen) atoms. The van der Waals surface area contributed by atoms with E-state index in [4.69, 9.17) is 0 Å². The van der Waals surface area contributed by atoms with E-state index in [0.717, 1.165) is 55.6 Å². The highest BCUT2D eigenvalue weighted by Gasteiger charge is 2.27. The average Bonchev–Trinajstić information content (AvgIpc) is 2.92. The maximum absolute atomic E-state index is 13.5. The van der Waals surface area contributed by atoms with Crippen LogP contribution in [-0.4, -0.2) is 62.6 Å². The van der Waals surface area contributed by atoms with Crippen molar-refractivity contribution in [3.63, 3.8) is 0 Å². The fourth-order valence-corrected chi connectivity index (χ4v) is 6.08. The molecule has 208 valence electrons. The Morgan fingerprint density at radius 2 is 1.41 bits per heavy atom. The van der Waals surface area contributed by atoms with Gasteiger partial charge in [-0.25, -0.2) is 17.2 Å². The van der Waals surface area contributed by atoms with Crippen LogP contribution in [0.25, 0.3) is 0 Å². The number of benzene rings is 3. The molecule has 0 bridgehead atoms. The first-order valence-electron chi connectivity index (χ1n) is 13.5. The van der Waals surface area contributed by atoms with E-state index in [1.54, 1.807) is 48.5 Å². The second kappa shape index (κ2) is 12.8. The Labute approximate surface area is 230 Å². The number of hydrogen-bond acceptors (Lipinski definition) is 4. The number of likely N-dealkylation sites (N-methyl/N-ethyl adjacent to an activating group) is 1. The van der Waals surface area contributed by atoms with E-state index in [2.05, 4.69) is 4.90 Å². The van der Waals surface area contributed by atoms with Crippen LogP contribution in [0, 0.1) is 11.6 Å². The van der Waals surface area contributed by atoms with Crippen LogP contribution < -0.4 is 0 Å². The maximum Gasteiger partial charge on any atom is 0.227 e. The van der Waals surface area contributed by atoms with Crippen LogP contribution in [0.4, 0.5) is 8.78 Å². The minimum atomic E-state index is -3.27. The molecule has 1 aliphatic heterocycles. The molecule has 0 spiro atoms. The lowest BCUT2D eigenvalue weighted by molar-refractivity contribution is -0.133. The fraction of sp³-hybridized carbons (Fsp3) is 0.387. The molecule has 0 saturated carbocycles. The Morgan fingerprint density at radius 1 is 0.897 bits per heavy atom. The van der Waals surface area contributed by atoms with Gasteiger partial charge in [-0.3, -0.25) is 4.79 Å². The third-order valence-electron chi connectivity index (χ3n) is 7.64. The third-order valence-corrected chi connectivity index (χ3v) is 8.77. The van der Waals surface area contributed by atoms with Gasteiger partial charge in [0.15, 0.2) is 9.84 Å². The largest absolute Gasteiger partial charge is 0.340 e. The minimum Gasteiger partial charge on any atom is -0.340 e. The summed E-state index contributed by atoms with van der Waals surface area (Å²) >= 11 is 0. The zero-order valence-electron chi connectivity index (χ0n) is 22.5. The molecular formula is C31H36F2N2O3S. The smallest absolute Gasteiger partial charge is 0.227 e. The summed E-state index contributed by atoms with van der Waals surface area (Å²) in [6.45, 7) is 5.21. The molecule has 1 heterocycles. The molecular weight excluding hydrogens is 518 g/mol. The van der Waals surface area contributed by atoms with Crippen LogP contribution in [-0.2, 0) is 21.1 Å². The number of hydrogen-bond donors (Lipinski definition) is 0. The van der Waals surface area contributed by atoms with E-state index in [1.165, 1.54) is 30.5 Å². The molecule has 1 aliphatic rings. The van der Waals surface area contributed by atoms with Gasteiger partial charge in [-0.05, 0) is 85.8 Å². The number of amides is 1. The summed E-state index contributed by atoms with van der Waals surface area (Å²) in [5, 5.41) is 0. The molecule has 3 aromatic rings. The normalized spacial score (nSPS) is 15.0. The van der Waals surface area contributed by atoms with Crippen molar-refractivity contribution in [2.24, 2.45) is 0 Å². The highest BCUT2D eigenvalue weighted by atomic mass is 32.2. The number of likely N-dealkylation sites (tertiary alicyclic amines) is 1. The van der Waals surface area contributed by atoms with Gasteiger partial charge in [0.1, 0.15) is 11.6 Å². The average molecular weight is 555 g/mol. The van der Waals surface area contributed by atoms with Crippen molar-refractivity contribution in [1.82, 2.24) is 9.80 Å². The predicted octanol–water partition coefficient (Wildman–Crippen LogP) is 5.45. The summed E-state index contributed by atoms with van der Waals surface area (Å²) in [5.41, 5.74) is 2.81. The second-order valence-corrected chi connectivity index (χ2v) is 12.3. The van der Waals surface area contributed by atoms with Gasteiger partial charge >= 0.3 is 0 Å². The van der Waals surface area contributed by atoms with E-state index in [1.807, 2.05) is 11.8 Å². The van der Waals surface area contributed by atoms with Gasteiger partial charge in [0, 0.05) is 37.8 Å². The summed E-state index contributed by atoms with van der Waals surface area (Å²) in [6, 6.07) is 19.8. The fourth-order valence-electron chi connectivity index (χ4n) is 5.45. The third kappa shape index (κ3) is 7.73. The molecule has 5 nitrogen and oxygen atoms in total. The predicted molar refractivity (Wildman–Crippen MR) is 149 cm³/mol. The Morgan fingerprint density at radius 3 is 1.87 bits per heavy atom. The Hall–Kier alpha value is -3.10. The molecule has 1 saturated heterocycles. The first-order chi connectivity index (χ1) is 18.6. The minimum absolute atomic E-state index is 0.0340. The first-order valence-corrected chi connectivity index (χ1v) is 15.3. The summed E-state index contributed by atoms with van der Waals surface area (Å²) < 4.78 is 50.5. The van der Waals surface area contributed by atoms with Crippen LogP contribution in [0.15, 0.2) is 77.7 Å². The summed E-state index contributed by atoms with van der Waals surface area (Å²) in [6.07, 6.45) is 4.00. The molecule has 0 radical (unpaired) electrons. The Bertz CT molecular complexity index is 1290. The topological polar surface area (TPSA) is 57.7 Å². The molecule has 1 amide bonds. The number of rotatable bonds is 10. The lowest BCUT2D eigenvalue weighted by Crippen LogP contribution is -2.48. The highest BCUT2D eigenvalue weighted by molar-refractivity contribution is 7.90. The van der Waals surface area contributed by atoms with E-state index in [-0.39, 0.29) is 40.8 Å². The van der Waals surface area contributed by atoms with Crippen molar-refractivity contribution in [3.05, 3.63) is 101 Å². The maximum atomic E-state index is 13.5. The monoisotopic (exact) mass is 554 g/mol. The molecule has 8 heteroatoms. The van der Waals surface area contributed by atoms with Gasteiger partial charge in [-0.15, -0.1) is 0 Å². The van der Waals surface area contributed by atoms with Gasteiger partial charge in [0.2, 0.25) is 5.91 Å². The molecule has 0 unspecified atom stereocenters. The SMILES string of the molecule is CCN(C(=O)Cc1ccc(S(C)(=O)=O)cc1)C1CCN(CCC(c2ccc(F)cc2)c2ccc(F)cc2)CC1. The van der Waals surface area contributed by atoms with E-state index in [0.29, 0.717) is 6.54 Å². The lowest BCUT2D eigenvalue weighted by Gasteiger charge is -2.38. The van der Waals surface area contributed by atoms with Crippen molar-refractivity contribution in [3.8, 4) is 0 Å². The van der Waals surface area contributed by atoms with Crippen molar-refractivity contribution in [2.45, 2.75) is 49.5 Å². The number of carbonyl (C=O) groups excluding carboxylic acids is 1. The lowest BCUT2D eigenvalue weighted by atomic mass is 9.88. The number of halogens is 2. The number of carbonyl (C=O) groups is 1. The summed E-state index contributed by atoms with van der Waals surface area (Å²) in [5.74, 6) is -0.471. The van der Waals surface area contributed by atoms with Crippen molar-refractivity contribution in [2.75, 3.05) is 32.4 Å². The van der Waals surface area contributed by atoms with Gasteiger partial charge in [-0.2, -0.15) is 0 Å². The Balaban J connectivity index is 1.33. The molecule has 0 aliphatic carbocycles. The van der Waals surface area contributed by atoms with Crippen molar-refractivity contribution in [1.29, 1.82) is 0 Å². The molecule has 0 atom stereocenters. The van der Waals surface area contributed by atoms with Gasteiger partial charge in [0.25, 0.3) is 0 Å². The van der Waals surface area contributed by atoms with E-state index < -0.39 is 9.84 Å². The van der Waals surface area contributed by atoms with Gasteiger partial charge < -0.3 is 9.80 Å².